The normalized spacial score (nSPS) is 18.7. The maximum absolute atomic E-state index is 12.0. The molecule has 1 aromatic rings. The standard InChI is InChI=1S/C14H16N2O3/c1-11-9-18-7-6-16(11)14(17)10-19-13-5-3-2-4-12(13)8-15/h2-5,11H,6-7,9-10H2,1H3/t11-/m0/s1. The van der Waals surface area contributed by atoms with E-state index in [1.807, 2.05) is 13.0 Å². The number of carbonyl (C=O) groups is 1. The van der Waals surface area contributed by atoms with Gasteiger partial charge in [-0.2, -0.15) is 5.26 Å². The number of nitrogens with zero attached hydrogens (tertiary/aromatic N) is 2. The molecule has 1 saturated heterocycles. The molecule has 1 aliphatic rings. The number of amides is 1. The van der Waals surface area contributed by atoms with Crippen LogP contribution in [0.2, 0.25) is 0 Å². The van der Waals surface area contributed by atoms with Crippen molar-refractivity contribution in [3.8, 4) is 11.8 Å². The average molecular weight is 260 g/mol. The van der Waals surface area contributed by atoms with Crippen molar-refractivity contribution in [3.63, 3.8) is 0 Å². The molecule has 0 saturated carbocycles. The highest BCUT2D eigenvalue weighted by atomic mass is 16.5. The van der Waals surface area contributed by atoms with Gasteiger partial charge in [-0.1, -0.05) is 12.1 Å². The molecule has 1 atom stereocenters. The van der Waals surface area contributed by atoms with Gasteiger partial charge >= 0.3 is 0 Å². The SMILES string of the molecule is C[C@H]1COCCN1C(=O)COc1ccccc1C#N. The molecule has 5 heteroatoms. The molecule has 0 unspecified atom stereocenters. The predicted molar refractivity (Wildman–Crippen MR) is 68.6 cm³/mol. The minimum absolute atomic E-state index is 0.0525. The summed E-state index contributed by atoms with van der Waals surface area (Å²) in [4.78, 5) is 13.8. The monoisotopic (exact) mass is 260 g/mol. The van der Waals surface area contributed by atoms with E-state index in [4.69, 9.17) is 14.7 Å². The molecule has 1 aliphatic heterocycles. The van der Waals surface area contributed by atoms with E-state index in [1.54, 1.807) is 29.2 Å². The predicted octanol–water partition coefficient (Wildman–Crippen LogP) is 1.18. The number of hydrogen-bond donors (Lipinski definition) is 0. The molecule has 0 aromatic heterocycles. The van der Waals surface area contributed by atoms with Crippen molar-refractivity contribution in [2.24, 2.45) is 0 Å². The zero-order chi connectivity index (χ0) is 13.7. The lowest BCUT2D eigenvalue weighted by Gasteiger charge is -2.33. The molecular formula is C14H16N2O3. The summed E-state index contributed by atoms with van der Waals surface area (Å²) in [7, 11) is 0. The molecule has 0 bridgehead atoms. The summed E-state index contributed by atoms with van der Waals surface area (Å²) in [6.07, 6.45) is 0. The Kier molecular flexibility index (Phi) is 4.37. The number of para-hydroxylation sites is 1. The van der Waals surface area contributed by atoms with Gasteiger partial charge in [0.2, 0.25) is 0 Å². The summed E-state index contributed by atoms with van der Waals surface area (Å²) >= 11 is 0. The van der Waals surface area contributed by atoms with Crippen LogP contribution in [0, 0.1) is 11.3 Å². The van der Waals surface area contributed by atoms with Crippen LogP contribution in [0.4, 0.5) is 0 Å². The van der Waals surface area contributed by atoms with Crippen molar-refractivity contribution in [1.82, 2.24) is 4.90 Å². The van der Waals surface area contributed by atoms with Crippen molar-refractivity contribution < 1.29 is 14.3 Å². The van der Waals surface area contributed by atoms with E-state index in [0.29, 0.717) is 31.1 Å². The first kappa shape index (κ1) is 13.4. The zero-order valence-electron chi connectivity index (χ0n) is 10.8. The van der Waals surface area contributed by atoms with Gasteiger partial charge < -0.3 is 14.4 Å². The number of hydrogen-bond acceptors (Lipinski definition) is 4. The fourth-order valence-corrected chi connectivity index (χ4v) is 2.00. The van der Waals surface area contributed by atoms with Gasteiger partial charge in [-0.25, -0.2) is 0 Å². The summed E-state index contributed by atoms with van der Waals surface area (Å²) in [6, 6.07) is 8.99. The Hall–Kier alpha value is -2.06. The minimum Gasteiger partial charge on any atom is -0.482 e. The molecule has 0 aliphatic carbocycles. The molecule has 5 nitrogen and oxygen atoms in total. The highest BCUT2D eigenvalue weighted by Crippen LogP contribution is 2.17. The molecule has 19 heavy (non-hydrogen) atoms. The van der Waals surface area contributed by atoms with Gasteiger partial charge in [-0.05, 0) is 19.1 Å². The Bertz CT molecular complexity index is 496. The fourth-order valence-electron chi connectivity index (χ4n) is 2.00. The van der Waals surface area contributed by atoms with Gasteiger partial charge in [0.15, 0.2) is 6.61 Å². The summed E-state index contributed by atoms with van der Waals surface area (Å²) in [5.74, 6) is 0.364. The van der Waals surface area contributed by atoms with Gasteiger partial charge in [-0.3, -0.25) is 4.79 Å². The molecule has 1 heterocycles. The molecule has 1 amide bonds. The second-order valence-electron chi connectivity index (χ2n) is 4.41. The van der Waals surface area contributed by atoms with Crippen molar-refractivity contribution in [3.05, 3.63) is 29.8 Å². The van der Waals surface area contributed by atoms with Crippen LogP contribution < -0.4 is 4.74 Å². The quantitative estimate of drug-likeness (QED) is 0.818. The van der Waals surface area contributed by atoms with Gasteiger partial charge in [0.05, 0.1) is 24.8 Å². The van der Waals surface area contributed by atoms with Gasteiger partial charge in [0.1, 0.15) is 11.8 Å². The molecule has 0 N–H and O–H groups in total. The first-order valence-corrected chi connectivity index (χ1v) is 6.21. The first-order valence-electron chi connectivity index (χ1n) is 6.21. The van der Waals surface area contributed by atoms with Crippen LogP contribution in [0.25, 0.3) is 0 Å². The summed E-state index contributed by atoms with van der Waals surface area (Å²) in [5.41, 5.74) is 0.435. The highest BCUT2D eigenvalue weighted by molar-refractivity contribution is 5.78. The molecule has 100 valence electrons. The Morgan fingerprint density at radius 2 is 2.37 bits per heavy atom. The molecule has 1 aromatic carbocycles. The third kappa shape index (κ3) is 3.24. The minimum atomic E-state index is -0.0801. The van der Waals surface area contributed by atoms with Gasteiger partial charge in [0, 0.05) is 6.54 Å². The third-order valence-electron chi connectivity index (χ3n) is 3.05. The van der Waals surface area contributed by atoms with E-state index in [1.165, 1.54) is 0 Å². The van der Waals surface area contributed by atoms with E-state index in [9.17, 15) is 4.79 Å². The lowest BCUT2D eigenvalue weighted by molar-refractivity contribution is -0.141. The Labute approximate surface area is 112 Å². The molecule has 1 fully saturated rings. The maximum atomic E-state index is 12.0. The van der Waals surface area contributed by atoms with Gasteiger partial charge in [0.25, 0.3) is 5.91 Å². The number of nitriles is 1. The largest absolute Gasteiger partial charge is 0.482 e. The average Bonchev–Trinajstić information content (AvgIpc) is 2.45. The lowest BCUT2D eigenvalue weighted by Crippen LogP contribution is -2.48. The zero-order valence-corrected chi connectivity index (χ0v) is 10.8. The Morgan fingerprint density at radius 1 is 1.58 bits per heavy atom. The third-order valence-corrected chi connectivity index (χ3v) is 3.05. The number of ether oxygens (including phenoxy) is 2. The Morgan fingerprint density at radius 3 is 3.11 bits per heavy atom. The number of benzene rings is 1. The number of carbonyl (C=O) groups excluding carboxylic acids is 1. The van der Waals surface area contributed by atoms with E-state index in [2.05, 4.69) is 0 Å². The molecule has 2 rings (SSSR count). The van der Waals surface area contributed by atoms with E-state index in [-0.39, 0.29) is 18.6 Å². The van der Waals surface area contributed by atoms with E-state index in [0.717, 1.165) is 0 Å². The van der Waals surface area contributed by atoms with Crippen LogP contribution in [0.1, 0.15) is 12.5 Å². The van der Waals surface area contributed by atoms with Crippen LogP contribution in [0.5, 0.6) is 5.75 Å². The maximum Gasteiger partial charge on any atom is 0.260 e. The summed E-state index contributed by atoms with van der Waals surface area (Å²) in [6.45, 7) is 3.60. The van der Waals surface area contributed by atoms with Crippen molar-refractivity contribution in [2.45, 2.75) is 13.0 Å². The topological polar surface area (TPSA) is 62.6 Å². The molecule has 0 spiro atoms. The first-order chi connectivity index (χ1) is 9.22. The van der Waals surface area contributed by atoms with E-state index >= 15 is 0 Å². The summed E-state index contributed by atoms with van der Waals surface area (Å²) < 4.78 is 10.7. The number of morpholine rings is 1. The van der Waals surface area contributed by atoms with Crippen LogP contribution >= 0.6 is 0 Å². The van der Waals surface area contributed by atoms with Gasteiger partial charge in [-0.15, -0.1) is 0 Å². The Balaban J connectivity index is 1.95. The second kappa shape index (κ2) is 6.21. The van der Waals surface area contributed by atoms with Crippen LogP contribution in [-0.4, -0.2) is 43.2 Å². The fraction of sp³-hybridized carbons (Fsp3) is 0.429. The van der Waals surface area contributed by atoms with Crippen molar-refractivity contribution in [2.75, 3.05) is 26.4 Å². The second-order valence-corrected chi connectivity index (χ2v) is 4.41. The molecular weight excluding hydrogens is 244 g/mol. The number of rotatable bonds is 3. The van der Waals surface area contributed by atoms with Crippen molar-refractivity contribution in [1.29, 1.82) is 5.26 Å². The van der Waals surface area contributed by atoms with Crippen LogP contribution in [0.15, 0.2) is 24.3 Å². The van der Waals surface area contributed by atoms with Crippen LogP contribution in [0.3, 0.4) is 0 Å². The van der Waals surface area contributed by atoms with Crippen molar-refractivity contribution >= 4 is 5.91 Å². The molecule has 0 radical (unpaired) electrons. The van der Waals surface area contributed by atoms with Crippen LogP contribution in [-0.2, 0) is 9.53 Å². The van der Waals surface area contributed by atoms with E-state index < -0.39 is 0 Å². The smallest absolute Gasteiger partial charge is 0.260 e. The highest BCUT2D eigenvalue weighted by Gasteiger charge is 2.24. The summed E-state index contributed by atoms with van der Waals surface area (Å²) in [5, 5.41) is 8.93. The lowest BCUT2D eigenvalue weighted by atomic mass is 10.2.